The quantitative estimate of drug-likeness (QED) is 0.135. The zero-order chi connectivity index (χ0) is 88.2. The Labute approximate surface area is 744 Å². The van der Waals surface area contributed by atoms with Gasteiger partial charge in [0.1, 0.15) is 36.5 Å². The number of anilines is 18. The molecular formula is C103H104B5N17. The Hall–Kier alpha value is -14.3. The van der Waals surface area contributed by atoms with Crippen LogP contribution in [0.2, 0.25) is 34.1 Å². The average molecular weight is 1640 g/mol. The van der Waals surface area contributed by atoms with Gasteiger partial charge in [-0.3, -0.25) is 25.0 Å². The van der Waals surface area contributed by atoms with Crippen molar-refractivity contribution in [2.24, 2.45) is 0 Å². The molecule has 11 aromatic carbocycles. The molecule has 2 aromatic heterocycles. The van der Waals surface area contributed by atoms with Crippen LogP contribution in [0.25, 0.3) is 30.4 Å². The van der Waals surface area contributed by atoms with E-state index < -0.39 is 6.98 Å². The summed E-state index contributed by atoms with van der Waals surface area (Å²) in [5.74, 6) is 13.2. The molecule has 13 aromatic rings. The highest BCUT2D eigenvalue weighted by atomic mass is 15.7. The van der Waals surface area contributed by atoms with Gasteiger partial charge in [-0.15, -0.1) is 0 Å². The van der Waals surface area contributed by atoms with Crippen LogP contribution in [0.15, 0.2) is 352 Å². The van der Waals surface area contributed by atoms with E-state index in [0.29, 0.717) is 13.0 Å². The minimum Gasteiger partial charge on any atom is -0.351 e. The van der Waals surface area contributed by atoms with Crippen molar-refractivity contribution in [3.8, 4) is 0 Å². The number of hydrogen-bond donors (Lipinski definition) is 0. The summed E-state index contributed by atoms with van der Waals surface area (Å²) in [4.78, 5) is 32.3. The molecule has 0 unspecified atom stereocenters. The molecular weight excluding hydrogens is 1530 g/mol. The van der Waals surface area contributed by atoms with Gasteiger partial charge in [-0.25, -0.2) is 9.97 Å². The summed E-state index contributed by atoms with van der Waals surface area (Å²) in [5, 5.41) is 11.7. The topological polar surface area (TPSA) is 74.4 Å². The molecule has 0 bridgehead atoms. The summed E-state index contributed by atoms with van der Waals surface area (Å²) in [5.41, 5.74) is 24.7. The summed E-state index contributed by atoms with van der Waals surface area (Å²) >= 11 is 0. The van der Waals surface area contributed by atoms with E-state index >= 15 is 0 Å². The van der Waals surface area contributed by atoms with Gasteiger partial charge in [0.25, 0.3) is 0 Å². The molecule has 0 radical (unpaired) electrons. The Balaban J connectivity index is 0.000000104. The Morgan fingerprint density at radius 1 is 0.232 bits per heavy atom. The lowest BCUT2D eigenvalue weighted by molar-refractivity contribution is 0.674. The van der Waals surface area contributed by atoms with Crippen LogP contribution in [0.3, 0.4) is 0 Å². The highest BCUT2D eigenvalue weighted by Gasteiger charge is 2.47. The average Bonchev–Trinajstić information content (AvgIpc) is 1.59. The van der Waals surface area contributed by atoms with Gasteiger partial charge in [0.15, 0.2) is 11.6 Å². The van der Waals surface area contributed by atoms with Crippen LogP contribution in [0.5, 0.6) is 0 Å². The predicted octanol–water partition coefficient (Wildman–Crippen LogP) is 23.4. The second-order valence-electron chi connectivity index (χ2n) is 33.2. The van der Waals surface area contributed by atoms with Gasteiger partial charge in [-0.05, 0) is 190 Å². The minimum atomic E-state index is -2.20. The second-order valence-corrected chi connectivity index (χ2v) is 33.2. The van der Waals surface area contributed by atoms with Crippen LogP contribution in [-0.2, 0) is 0 Å². The molecule has 23 rings (SSSR count). The Morgan fingerprint density at radius 2 is 0.480 bits per heavy atom. The number of nitrogens with zero attached hydrogens (tertiary/aromatic N) is 17. The first-order chi connectivity index (χ1) is 62.3. The van der Waals surface area contributed by atoms with Crippen molar-refractivity contribution in [3.05, 3.63) is 379 Å². The molecule has 0 N–H and O–H groups in total. The van der Waals surface area contributed by atoms with E-state index in [0.717, 1.165) is 51.3 Å². The summed E-state index contributed by atoms with van der Waals surface area (Å²) in [6.07, 6.45) is 15.1. The van der Waals surface area contributed by atoms with E-state index in [1.807, 2.05) is 67.8 Å². The van der Waals surface area contributed by atoms with Gasteiger partial charge in [-0.2, -0.15) is 0 Å². The maximum absolute atomic E-state index is 7.99. The fraction of sp³-hybridized carbons (Fsp3) is 0.165. The smallest absolute Gasteiger partial charge is 0.304 e. The standard InChI is InChI=1S/C23H22BN3.2C22H21BN4.2C18H20BN3/c1-18-25(20-11-4-3-5-12-20)22-14-8-9-15-23(22)26(18)27-21-13-7-6-10-19(21)16-17-24(27)2;1-17-25(19-10-4-3-5-11-19)22-21(13-8-16-24-22)26(17)27-20-12-7-6-9-18(20)14-15-23(27)2;1-17-25(19-10-4-3-5-11-19)21-13-8-16-24-22(21)26(17)27-20-12-7-6-9-18(20)14-15-23(27)2;2*1-14-20(3)17-10-6-7-11-18(17)21(14)22-16-9-5-4-8-15(16)12-13-19(22)2/h3-18H,1-2H3;2*3-17H,1-2H3;2*4-14H,1-3H3/t18-;2*17-;2*14-/m00000/s1/i;;;3D3;. The second kappa shape index (κ2) is 34.2. The molecule has 0 spiro atoms. The van der Waals surface area contributed by atoms with Gasteiger partial charge in [0.2, 0.25) is 0 Å². The molecule has 0 amide bonds. The summed E-state index contributed by atoms with van der Waals surface area (Å²) < 4.78 is 24.0. The van der Waals surface area contributed by atoms with Crippen molar-refractivity contribution in [2.75, 3.05) is 88.2 Å². The van der Waals surface area contributed by atoms with Gasteiger partial charge in [0, 0.05) is 47.6 Å². The van der Waals surface area contributed by atoms with E-state index in [-0.39, 0.29) is 52.1 Å². The fourth-order valence-electron chi connectivity index (χ4n) is 19.5. The lowest BCUT2D eigenvalue weighted by atomic mass is 9.61. The fourth-order valence-corrected chi connectivity index (χ4v) is 19.5. The number of aromatic nitrogens is 2. The molecule has 0 saturated carbocycles. The first-order valence-corrected chi connectivity index (χ1v) is 43.8. The van der Waals surface area contributed by atoms with Crippen molar-refractivity contribution < 1.29 is 4.11 Å². The lowest BCUT2D eigenvalue weighted by Crippen LogP contribution is -2.56. The van der Waals surface area contributed by atoms with Crippen LogP contribution < -0.4 is 74.1 Å². The van der Waals surface area contributed by atoms with Crippen molar-refractivity contribution >= 4 is 167 Å². The number of benzene rings is 11. The number of hydrogen-bond acceptors (Lipinski definition) is 17. The normalized spacial score (nSPS) is 18.9. The van der Waals surface area contributed by atoms with E-state index in [2.05, 4.69) is 459 Å². The molecule has 10 aliphatic rings. The third-order valence-corrected chi connectivity index (χ3v) is 25.5. The van der Waals surface area contributed by atoms with Crippen molar-refractivity contribution in [3.63, 3.8) is 0 Å². The molecule has 125 heavy (non-hydrogen) atoms. The number of para-hydroxylation sites is 14. The first kappa shape index (κ1) is 76.8. The lowest BCUT2D eigenvalue weighted by Gasteiger charge is -2.44. The Kier molecular flexibility index (Phi) is 21.0. The third-order valence-electron chi connectivity index (χ3n) is 25.5. The zero-order valence-electron chi connectivity index (χ0n) is 75.7. The number of rotatable bonds is 8. The van der Waals surface area contributed by atoms with Crippen molar-refractivity contribution in [2.45, 2.75) is 99.6 Å². The highest BCUT2D eigenvalue weighted by Crippen LogP contribution is 2.52. The number of fused-ring (bicyclic) bond motifs is 10. The molecule has 5 atom stereocenters. The van der Waals surface area contributed by atoms with Gasteiger partial charge < -0.3 is 49.1 Å². The van der Waals surface area contributed by atoms with Crippen LogP contribution >= 0.6 is 0 Å². The molecule has 22 heteroatoms. The van der Waals surface area contributed by atoms with Gasteiger partial charge >= 0.3 is 34.2 Å². The molecule has 616 valence electrons. The predicted molar refractivity (Wildman–Crippen MR) is 538 cm³/mol. The largest absolute Gasteiger partial charge is 0.351 e. The van der Waals surface area contributed by atoms with E-state index in [1.165, 1.54) is 84.0 Å². The number of hydrazine groups is 5. The molecule has 0 fully saturated rings. The van der Waals surface area contributed by atoms with Crippen LogP contribution in [0.1, 0.15) is 66.5 Å². The van der Waals surface area contributed by atoms with E-state index in [4.69, 9.17) is 14.1 Å². The Bertz CT molecular complexity index is 5960. The van der Waals surface area contributed by atoms with Gasteiger partial charge in [0.05, 0.1) is 68.2 Å². The minimum absolute atomic E-state index is 0.110. The SMILES string of the molecule is CB1C=Cc2ccccc2N1N1c2ccccc2N(C)[C@@H]1C.CB1C=Cc2ccccc2N1N1c2ccccc2N(c2ccccc2)[C@@H]1C.CB1C=Cc2ccccc2N1N1c2cccnc2N(c2ccccc2)[C@@H]1C.CB1C=Cc2ccccc2N1N1c2ncccc2N(c2ccccc2)[C@@H]1C.[2H]C([2H])([2H])N1c2ccccc2N(N2B(C)C=Cc3ccccc32)[C@H]1C. The summed E-state index contributed by atoms with van der Waals surface area (Å²) in [6.45, 7) is 21.1. The van der Waals surface area contributed by atoms with Crippen LogP contribution in [0.4, 0.5) is 103 Å². The van der Waals surface area contributed by atoms with Crippen LogP contribution in [-0.4, -0.2) is 89.1 Å². The zero-order valence-corrected chi connectivity index (χ0v) is 72.7. The van der Waals surface area contributed by atoms with Crippen LogP contribution in [0, 0.1) is 0 Å². The first-order valence-electron chi connectivity index (χ1n) is 45.3. The molecule has 0 aliphatic carbocycles. The monoisotopic (exact) mass is 1640 g/mol. The summed E-state index contributed by atoms with van der Waals surface area (Å²) in [7, 11) is 2.17. The number of pyridine rings is 2. The third kappa shape index (κ3) is 14.5. The molecule has 12 heterocycles. The maximum Gasteiger partial charge on any atom is 0.304 e. The molecule has 0 saturated heterocycles. The summed E-state index contributed by atoms with van der Waals surface area (Å²) in [6, 6.07) is 108. The highest BCUT2D eigenvalue weighted by molar-refractivity contribution is 6.71. The van der Waals surface area contributed by atoms with Gasteiger partial charge in [-0.1, -0.05) is 276 Å². The molecule has 17 nitrogen and oxygen atoms in total. The van der Waals surface area contributed by atoms with Crippen molar-refractivity contribution in [1.29, 1.82) is 0 Å². The molecule has 10 aliphatic heterocycles. The van der Waals surface area contributed by atoms with Crippen molar-refractivity contribution in [1.82, 2.24) is 9.97 Å². The van der Waals surface area contributed by atoms with E-state index in [9.17, 15) is 0 Å². The Morgan fingerprint density at radius 3 is 0.864 bits per heavy atom. The van der Waals surface area contributed by atoms with E-state index in [1.54, 1.807) is 0 Å². The maximum atomic E-state index is 7.99.